The van der Waals surface area contributed by atoms with Crippen molar-refractivity contribution in [3.63, 3.8) is 0 Å². The van der Waals surface area contributed by atoms with Crippen molar-refractivity contribution in [3.05, 3.63) is 129 Å². The van der Waals surface area contributed by atoms with Crippen LogP contribution in [-0.4, -0.2) is 56.9 Å². The number of aromatic nitrogens is 1. The molecule has 0 spiro atoms. The van der Waals surface area contributed by atoms with E-state index in [1.165, 1.54) is 37.4 Å². The number of allylic oxidation sites excluding steroid dienone is 3. The predicted octanol–water partition coefficient (Wildman–Crippen LogP) is 7.55. The molecule has 12 nitrogen and oxygen atoms in total. The first kappa shape index (κ1) is 39.6. The van der Waals surface area contributed by atoms with Crippen LogP contribution >= 0.6 is 23.2 Å². The number of benzene rings is 3. The van der Waals surface area contributed by atoms with Gasteiger partial charge in [-0.05, 0) is 78.4 Å². The summed E-state index contributed by atoms with van der Waals surface area (Å²) in [7, 11) is 1.38. The number of anilines is 2. The zero-order valence-electron chi connectivity index (χ0n) is 30.6. The van der Waals surface area contributed by atoms with Crippen LogP contribution in [0.2, 0.25) is 10.0 Å². The van der Waals surface area contributed by atoms with E-state index in [0.717, 1.165) is 4.90 Å². The van der Waals surface area contributed by atoms with E-state index in [2.05, 4.69) is 10.4 Å². The summed E-state index contributed by atoms with van der Waals surface area (Å²) < 4.78 is 45.8. The van der Waals surface area contributed by atoms with Crippen molar-refractivity contribution >= 4 is 70.4 Å². The molecule has 1 aromatic heterocycles. The Morgan fingerprint density at radius 3 is 2.41 bits per heavy atom. The van der Waals surface area contributed by atoms with Crippen molar-refractivity contribution in [1.29, 1.82) is 0 Å². The number of carboxylic acid groups (broad SMARTS) is 1. The lowest BCUT2D eigenvalue weighted by molar-refractivity contribution is -0.139. The second-order valence-corrected chi connectivity index (χ2v) is 15.5. The fourth-order valence-corrected chi connectivity index (χ4v) is 9.40. The number of carboxylic acids is 1. The minimum absolute atomic E-state index is 0.0725. The molecule has 1 saturated carbocycles. The number of amides is 4. The van der Waals surface area contributed by atoms with Gasteiger partial charge in [-0.2, -0.15) is 18.2 Å². The van der Waals surface area contributed by atoms with Gasteiger partial charge in [-0.1, -0.05) is 71.3 Å². The molecule has 2 saturated heterocycles. The number of fused-ring (bicyclic) bond motifs is 4. The van der Waals surface area contributed by atoms with E-state index in [0.29, 0.717) is 39.0 Å². The molecule has 17 heteroatoms. The molecule has 59 heavy (non-hydrogen) atoms. The van der Waals surface area contributed by atoms with Gasteiger partial charge >= 0.3 is 12.1 Å². The van der Waals surface area contributed by atoms with Crippen LogP contribution < -0.4 is 15.1 Å². The van der Waals surface area contributed by atoms with Gasteiger partial charge in [0, 0.05) is 17.1 Å². The third kappa shape index (κ3) is 6.39. The number of hydrogen-bond acceptors (Lipinski definition) is 9. The largest absolute Gasteiger partial charge is 0.504 e. The SMILES string of the molecule is COc1cc(C=C[C@H]2C3=CC[C@@H]4C(=O)N(c5cccc(C(=O)O)c5)C(=O)[C@@H]4[C@@H]3C[C@H]3C(=O)N(Nc4ncc(C(F)(F)F)cc4Cl)C(=O)[C@@]23c2ccc(Cl)cc2)ccc1O. The lowest BCUT2D eigenvalue weighted by atomic mass is 9.50. The number of phenols is 1. The number of ether oxygens (including phenoxy) is 1. The molecular weight excluding hydrogens is 816 g/mol. The Bertz CT molecular complexity index is 2530. The number of pyridine rings is 1. The Labute approximate surface area is 343 Å². The zero-order valence-corrected chi connectivity index (χ0v) is 32.1. The number of hydrazine groups is 1. The molecule has 3 fully saturated rings. The highest BCUT2D eigenvalue weighted by molar-refractivity contribution is 6.33. The molecule has 0 unspecified atom stereocenters. The number of methoxy groups -OCH3 is 1. The summed E-state index contributed by atoms with van der Waals surface area (Å²) in [6.07, 6.45) is 0.869. The third-order valence-electron chi connectivity index (χ3n) is 11.7. The van der Waals surface area contributed by atoms with E-state index in [-0.39, 0.29) is 35.6 Å². The van der Waals surface area contributed by atoms with Gasteiger partial charge in [-0.3, -0.25) is 29.5 Å². The standard InChI is InChI=1S/C42H31Cl2F3N4O8/c1-59-33-15-20(6-14-32(33)52)5-13-29-26-11-12-27-34(38(55)50(36(27)53)25-4-2-3-21(16-25)39(56)57)28(26)18-30-37(54)51(40(58)41(29,30)22-7-9-24(43)10-8-22)49-35-31(44)17-23(19-48-35)42(45,46)47/h2-11,13-17,19,27-30,34,52H,12,18H2,1H3,(H,48,49)(H,56,57)/t27-,28+,29-,30-,34-,41-/m0/s1. The normalized spacial score (nSPS) is 25.2. The van der Waals surface area contributed by atoms with E-state index in [1.54, 1.807) is 54.6 Å². The number of nitrogens with one attached hydrogen (secondary N) is 1. The van der Waals surface area contributed by atoms with Crippen LogP contribution in [0, 0.1) is 29.6 Å². The number of alkyl halides is 3. The van der Waals surface area contributed by atoms with Gasteiger partial charge in [0.2, 0.25) is 11.8 Å². The van der Waals surface area contributed by atoms with Gasteiger partial charge in [0.05, 0.1) is 52.1 Å². The highest BCUT2D eigenvalue weighted by Gasteiger charge is 2.69. The Hall–Kier alpha value is -6.19. The second kappa shape index (κ2) is 14.6. The Morgan fingerprint density at radius 1 is 0.983 bits per heavy atom. The van der Waals surface area contributed by atoms with Crippen molar-refractivity contribution in [1.82, 2.24) is 9.99 Å². The lowest BCUT2D eigenvalue weighted by Gasteiger charge is -2.49. The topological polar surface area (TPSA) is 166 Å². The predicted molar refractivity (Wildman–Crippen MR) is 207 cm³/mol. The molecule has 302 valence electrons. The van der Waals surface area contributed by atoms with Crippen molar-refractivity contribution in [2.24, 2.45) is 29.6 Å². The van der Waals surface area contributed by atoms with Crippen molar-refractivity contribution in [2.75, 3.05) is 17.4 Å². The Kier molecular flexibility index (Phi) is 9.79. The maximum absolute atomic E-state index is 15.3. The van der Waals surface area contributed by atoms with Crippen LogP contribution in [-0.2, 0) is 30.8 Å². The van der Waals surface area contributed by atoms with Gasteiger partial charge in [0.25, 0.3) is 11.8 Å². The van der Waals surface area contributed by atoms with Crippen LogP contribution in [0.15, 0.2) is 96.7 Å². The third-order valence-corrected chi connectivity index (χ3v) is 12.2. The molecule has 0 radical (unpaired) electrons. The maximum Gasteiger partial charge on any atom is 0.417 e. The van der Waals surface area contributed by atoms with Gasteiger partial charge in [-0.15, -0.1) is 0 Å². The molecule has 2 aliphatic heterocycles. The Morgan fingerprint density at radius 2 is 1.73 bits per heavy atom. The monoisotopic (exact) mass is 846 g/mol. The van der Waals surface area contributed by atoms with E-state index in [9.17, 15) is 42.6 Å². The maximum atomic E-state index is 15.3. The summed E-state index contributed by atoms with van der Waals surface area (Å²) in [5.41, 5.74) is 1.08. The van der Waals surface area contributed by atoms with E-state index in [4.69, 9.17) is 27.9 Å². The van der Waals surface area contributed by atoms with Crippen LogP contribution in [0.1, 0.15) is 39.9 Å². The van der Waals surface area contributed by atoms with Crippen LogP contribution in [0.3, 0.4) is 0 Å². The smallest absolute Gasteiger partial charge is 0.417 e. The molecule has 2 aliphatic carbocycles. The molecule has 4 aliphatic rings. The lowest BCUT2D eigenvalue weighted by Crippen LogP contribution is -2.54. The first-order valence-electron chi connectivity index (χ1n) is 18.2. The van der Waals surface area contributed by atoms with Crippen molar-refractivity contribution in [2.45, 2.75) is 24.4 Å². The van der Waals surface area contributed by atoms with Gasteiger partial charge in [0.1, 0.15) is 0 Å². The molecule has 3 aromatic carbocycles. The van der Waals surface area contributed by atoms with Crippen molar-refractivity contribution < 1.29 is 52.1 Å². The summed E-state index contributed by atoms with van der Waals surface area (Å²) in [4.78, 5) is 75.3. The minimum atomic E-state index is -4.78. The number of phenolic OH excluding ortho intramolecular Hbond substituents is 1. The highest BCUT2D eigenvalue weighted by atomic mass is 35.5. The molecule has 8 rings (SSSR count). The molecule has 4 aromatic rings. The van der Waals surface area contributed by atoms with E-state index in [1.807, 2.05) is 0 Å². The zero-order chi connectivity index (χ0) is 42.1. The summed E-state index contributed by atoms with van der Waals surface area (Å²) in [5, 5.41) is 20.4. The number of imide groups is 2. The number of aromatic hydroxyl groups is 1. The quantitative estimate of drug-likeness (QED) is 0.119. The minimum Gasteiger partial charge on any atom is -0.504 e. The molecular formula is C42H31Cl2F3N4O8. The fourth-order valence-electron chi connectivity index (χ4n) is 9.07. The number of rotatable bonds is 8. The average molecular weight is 848 g/mol. The first-order chi connectivity index (χ1) is 28.1. The number of carbonyl (C=O) groups is 5. The van der Waals surface area contributed by atoms with Crippen LogP contribution in [0.5, 0.6) is 11.5 Å². The van der Waals surface area contributed by atoms with E-state index < -0.39 is 87.2 Å². The summed E-state index contributed by atoms with van der Waals surface area (Å²) in [6.45, 7) is 0. The molecule has 0 bridgehead atoms. The van der Waals surface area contributed by atoms with Crippen LogP contribution in [0.25, 0.3) is 6.08 Å². The molecule has 6 atom stereocenters. The van der Waals surface area contributed by atoms with Gasteiger partial charge < -0.3 is 14.9 Å². The Balaban J connectivity index is 1.29. The first-order valence-corrected chi connectivity index (χ1v) is 18.9. The molecule has 3 N–H and O–H groups in total. The molecule has 4 amide bonds. The number of aromatic carboxylic acids is 1. The number of carbonyl (C=O) groups excluding carboxylic acids is 4. The average Bonchev–Trinajstić information content (AvgIpc) is 3.59. The number of halogens is 5. The summed E-state index contributed by atoms with van der Waals surface area (Å²) >= 11 is 12.6. The fraction of sp³-hybridized carbons (Fsp3) is 0.238. The number of hydrogen-bond donors (Lipinski definition) is 3. The number of nitrogens with zero attached hydrogens (tertiary/aromatic N) is 3. The van der Waals surface area contributed by atoms with Crippen molar-refractivity contribution in [3.8, 4) is 11.5 Å². The summed E-state index contributed by atoms with van der Waals surface area (Å²) in [6, 6.07) is 16.9. The second-order valence-electron chi connectivity index (χ2n) is 14.6. The van der Waals surface area contributed by atoms with E-state index >= 15 is 4.79 Å². The van der Waals surface area contributed by atoms with Gasteiger partial charge in [-0.25, -0.2) is 9.78 Å². The summed E-state index contributed by atoms with van der Waals surface area (Å²) in [5.74, 6) is -9.30. The molecule has 3 heterocycles. The van der Waals surface area contributed by atoms with Crippen LogP contribution in [0.4, 0.5) is 24.7 Å². The van der Waals surface area contributed by atoms with Gasteiger partial charge in [0.15, 0.2) is 17.3 Å². The highest BCUT2D eigenvalue weighted by Crippen LogP contribution is 2.62.